The van der Waals surface area contributed by atoms with Crippen molar-refractivity contribution in [1.29, 1.82) is 0 Å². The molecule has 0 aliphatic heterocycles. The van der Waals surface area contributed by atoms with Gasteiger partial charge in [-0.1, -0.05) is 11.8 Å². The van der Waals surface area contributed by atoms with Crippen LogP contribution in [0.2, 0.25) is 0 Å². The Morgan fingerprint density at radius 2 is 2.00 bits per heavy atom. The number of aromatic amines is 1. The summed E-state index contributed by atoms with van der Waals surface area (Å²) < 4.78 is 0. The van der Waals surface area contributed by atoms with Crippen LogP contribution in [0.4, 0.5) is 5.69 Å². The van der Waals surface area contributed by atoms with E-state index < -0.39 is 0 Å². The van der Waals surface area contributed by atoms with Crippen LogP contribution in [-0.4, -0.2) is 22.6 Å². The Hall–Kier alpha value is -2.84. The third kappa shape index (κ3) is 4.34. The molecule has 0 unspecified atom stereocenters. The van der Waals surface area contributed by atoms with Gasteiger partial charge in [-0.2, -0.15) is 0 Å². The summed E-state index contributed by atoms with van der Waals surface area (Å²) in [5.74, 6) is 5.37. The Morgan fingerprint density at radius 3 is 2.67 bits per heavy atom. The summed E-state index contributed by atoms with van der Waals surface area (Å²) in [5.41, 5.74) is 1.40. The van der Waals surface area contributed by atoms with Crippen LogP contribution in [0.1, 0.15) is 22.3 Å². The fraction of sp³-hybridized carbons (Fsp3) is 0.125. The lowest BCUT2D eigenvalue weighted by Gasteiger charge is -2.04. The average molecular weight is 282 g/mol. The number of hydrogen-bond donors (Lipinski definition) is 3. The number of carbonyl (C=O) groups excluding carboxylic acids is 1. The van der Waals surface area contributed by atoms with Crippen LogP contribution in [0, 0.1) is 11.8 Å². The first-order valence-corrected chi connectivity index (χ1v) is 6.39. The van der Waals surface area contributed by atoms with E-state index in [0.717, 1.165) is 5.56 Å². The predicted molar refractivity (Wildman–Crippen MR) is 80.0 cm³/mol. The highest BCUT2D eigenvalue weighted by Gasteiger charge is 2.06. The third-order valence-electron chi connectivity index (χ3n) is 2.65. The lowest BCUT2D eigenvalue weighted by Crippen LogP contribution is -2.15. The molecular weight excluding hydrogens is 268 g/mol. The molecule has 2 rings (SSSR count). The zero-order chi connectivity index (χ0) is 15.1. The number of nitrogens with one attached hydrogen (secondary N) is 2. The van der Waals surface area contributed by atoms with Gasteiger partial charge in [0.05, 0.1) is 6.61 Å². The smallest absolute Gasteiger partial charge is 0.255 e. The Morgan fingerprint density at radius 1 is 1.24 bits per heavy atom. The van der Waals surface area contributed by atoms with Gasteiger partial charge in [-0.15, -0.1) is 0 Å². The minimum absolute atomic E-state index is 0.0390. The molecule has 5 heteroatoms. The zero-order valence-corrected chi connectivity index (χ0v) is 11.2. The second-order valence-corrected chi connectivity index (χ2v) is 4.25. The van der Waals surface area contributed by atoms with Gasteiger partial charge in [-0.05, 0) is 30.3 Å². The highest BCUT2D eigenvalue weighted by atomic mass is 16.2. The van der Waals surface area contributed by atoms with E-state index in [1.54, 1.807) is 24.3 Å². The normalized spacial score (nSPS) is 9.57. The lowest BCUT2D eigenvalue weighted by atomic mass is 10.2. The van der Waals surface area contributed by atoms with E-state index in [1.807, 2.05) is 0 Å². The van der Waals surface area contributed by atoms with Crippen LogP contribution in [0.25, 0.3) is 0 Å². The molecule has 0 atom stereocenters. The van der Waals surface area contributed by atoms with Crippen molar-refractivity contribution >= 4 is 11.6 Å². The summed E-state index contributed by atoms with van der Waals surface area (Å²) in [6.07, 6.45) is 1.86. The maximum Gasteiger partial charge on any atom is 0.255 e. The molecule has 0 aliphatic carbocycles. The van der Waals surface area contributed by atoms with Crippen molar-refractivity contribution in [3.8, 4) is 11.8 Å². The summed E-state index contributed by atoms with van der Waals surface area (Å²) in [7, 11) is 0. The molecule has 0 saturated carbocycles. The van der Waals surface area contributed by atoms with E-state index in [4.69, 9.17) is 5.11 Å². The predicted octanol–water partition coefficient (Wildman–Crippen LogP) is 1.36. The van der Waals surface area contributed by atoms with Gasteiger partial charge >= 0.3 is 0 Å². The van der Waals surface area contributed by atoms with E-state index in [2.05, 4.69) is 22.1 Å². The van der Waals surface area contributed by atoms with Crippen LogP contribution in [0.3, 0.4) is 0 Å². The Labute approximate surface area is 121 Å². The van der Waals surface area contributed by atoms with E-state index >= 15 is 0 Å². The maximum atomic E-state index is 11.9. The second-order valence-electron chi connectivity index (χ2n) is 4.25. The number of hydrogen-bond acceptors (Lipinski definition) is 3. The first kappa shape index (κ1) is 14.6. The largest absolute Gasteiger partial charge is 0.395 e. The van der Waals surface area contributed by atoms with Gasteiger partial charge < -0.3 is 15.4 Å². The Kier molecular flexibility index (Phi) is 4.91. The first-order valence-electron chi connectivity index (χ1n) is 6.39. The highest BCUT2D eigenvalue weighted by Crippen LogP contribution is 2.10. The molecule has 1 heterocycles. The number of amides is 1. The van der Waals surface area contributed by atoms with Gasteiger partial charge in [0.2, 0.25) is 5.56 Å². The minimum atomic E-state index is -0.347. The highest BCUT2D eigenvalue weighted by molar-refractivity contribution is 6.04. The van der Waals surface area contributed by atoms with Crippen LogP contribution >= 0.6 is 0 Å². The van der Waals surface area contributed by atoms with Crippen LogP contribution in [0.5, 0.6) is 0 Å². The molecule has 21 heavy (non-hydrogen) atoms. The minimum Gasteiger partial charge on any atom is -0.395 e. The van der Waals surface area contributed by atoms with Crippen molar-refractivity contribution in [3.63, 3.8) is 0 Å². The molecule has 0 saturated heterocycles. The summed E-state index contributed by atoms with van der Waals surface area (Å²) in [6, 6.07) is 9.78. The number of pyridine rings is 1. The third-order valence-corrected chi connectivity index (χ3v) is 2.65. The topological polar surface area (TPSA) is 82.2 Å². The van der Waals surface area contributed by atoms with Crippen molar-refractivity contribution in [3.05, 3.63) is 64.1 Å². The molecule has 106 valence electrons. The molecule has 1 aromatic carbocycles. The van der Waals surface area contributed by atoms with Gasteiger partial charge in [-0.3, -0.25) is 9.59 Å². The fourth-order valence-electron chi connectivity index (χ4n) is 1.65. The first-order chi connectivity index (χ1) is 10.2. The second kappa shape index (κ2) is 7.08. The van der Waals surface area contributed by atoms with E-state index in [9.17, 15) is 9.59 Å². The van der Waals surface area contributed by atoms with Crippen LogP contribution < -0.4 is 10.9 Å². The molecule has 5 nitrogen and oxygen atoms in total. The SMILES string of the molecule is O=C(Nc1ccc(C#CCCO)cc1)c1cc[nH]c(=O)c1. The van der Waals surface area contributed by atoms with Crippen molar-refractivity contribution in [2.45, 2.75) is 6.42 Å². The molecule has 0 radical (unpaired) electrons. The van der Waals surface area contributed by atoms with E-state index in [0.29, 0.717) is 17.7 Å². The standard InChI is InChI=1S/C16H14N2O3/c19-10-2-1-3-12-4-6-14(7-5-12)18-16(21)13-8-9-17-15(20)11-13/h4-9,11,19H,2,10H2,(H,17,20)(H,18,21). The van der Waals surface area contributed by atoms with E-state index in [1.165, 1.54) is 18.3 Å². The van der Waals surface area contributed by atoms with Gasteiger partial charge in [0.25, 0.3) is 5.91 Å². The van der Waals surface area contributed by atoms with Gasteiger partial charge in [0.1, 0.15) is 0 Å². The molecule has 2 aromatic rings. The molecule has 0 aliphatic rings. The van der Waals surface area contributed by atoms with Gasteiger partial charge in [0, 0.05) is 35.5 Å². The molecule has 1 aromatic heterocycles. The molecule has 3 N–H and O–H groups in total. The van der Waals surface area contributed by atoms with Gasteiger partial charge in [0.15, 0.2) is 0 Å². The number of H-pyrrole nitrogens is 1. The number of aliphatic hydroxyl groups excluding tert-OH is 1. The summed E-state index contributed by atoms with van der Waals surface area (Å²) in [6.45, 7) is 0.0390. The van der Waals surface area contributed by atoms with Crippen molar-refractivity contribution in [2.24, 2.45) is 0 Å². The van der Waals surface area contributed by atoms with Crippen molar-refractivity contribution in [1.82, 2.24) is 4.98 Å². The summed E-state index contributed by atoms with van der Waals surface area (Å²) in [5, 5.41) is 11.3. The summed E-state index contributed by atoms with van der Waals surface area (Å²) in [4.78, 5) is 25.5. The van der Waals surface area contributed by atoms with Gasteiger partial charge in [-0.25, -0.2) is 0 Å². The molecule has 0 bridgehead atoms. The molecular formula is C16H14N2O3. The number of aliphatic hydroxyl groups is 1. The summed E-state index contributed by atoms with van der Waals surface area (Å²) >= 11 is 0. The number of aromatic nitrogens is 1. The molecule has 0 fully saturated rings. The van der Waals surface area contributed by atoms with E-state index in [-0.39, 0.29) is 18.1 Å². The lowest BCUT2D eigenvalue weighted by molar-refractivity contribution is 0.102. The maximum absolute atomic E-state index is 11.9. The van der Waals surface area contributed by atoms with Crippen molar-refractivity contribution < 1.29 is 9.90 Å². The fourth-order valence-corrected chi connectivity index (χ4v) is 1.65. The number of carbonyl (C=O) groups is 1. The number of rotatable bonds is 3. The zero-order valence-electron chi connectivity index (χ0n) is 11.2. The van der Waals surface area contributed by atoms with Crippen LogP contribution in [0.15, 0.2) is 47.4 Å². The molecule has 1 amide bonds. The number of anilines is 1. The number of benzene rings is 1. The molecule has 0 spiro atoms. The van der Waals surface area contributed by atoms with Crippen LogP contribution in [-0.2, 0) is 0 Å². The Balaban J connectivity index is 2.05. The van der Waals surface area contributed by atoms with Crippen molar-refractivity contribution in [2.75, 3.05) is 11.9 Å². The monoisotopic (exact) mass is 282 g/mol. The quantitative estimate of drug-likeness (QED) is 0.743. The average Bonchev–Trinajstić information content (AvgIpc) is 2.49. The Bertz CT molecular complexity index is 736.